The Hall–Kier alpha value is -1.60. The minimum Gasteiger partial charge on any atom is -0.479 e. The molecule has 3 rings (SSSR count). The molecule has 0 saturated carbocycles. The molecule has 0 aliphatic carbocycles. The van der Waals surface area contributed by atoms with Crippen molar-refractivity contribution in [1.29, 1.82) is 0 Å². The quantitative estimate of drug-likeness (QED) is 0.919. The first kappa shape index (κ1) is 15.3. The van der Waals surface area contributed by atoms with Crippen molar-refractivity contribution in [1.82, 2.24) is 15.0 Å². The summed E-state index contributed by atoms with van der Waals surface area (Å²) in [6, 6.07) is 1.91. The molecule has 0 bridgehead atoms. The summed E-state index contributed by atoms with van der Waals surface area (Å²) in [5.41, 5.74) is 0.165. The van der Waals surface area contributed by atoms with E-state index in [-0.39, 0.29) is 0 Å². The first-order valence-electron chi connectivity index (χ1n) is 7.27. The molecule has 6 nitrogen and oxygen atoms in total. The van der Waals surface area contributed by atoms with E-state index < -0.39 is 5.60 Å². The van der Waals surface area contributed by atoms with Gasteiger partial charge in [0.1, 0.15) is 17.7 Å². The standard InChI is InChI=1S/C15H20N4O2S/c1-21-14-12-11(3-6-16-14)13(18-10-17-12)19-7-4-15(20,5-8-19)9-22-2/h3,6,10,20H,4-5,7-9H2,1-2H3. The van der Waals surface area contributed by atoms with Gasteiger partial charge in [-0.15, -0.1) is 0 Å². The van der Waals surface area contributed by atoms with Crippen LogP contribution in [0.4, 0.5) is 5.82 Å². The molecule has 7 heteroatoms. The van der Waals surface area contributed by atoms with E-state index in [1.54, 1.807) is 31.4 Å². The number of pyridine rings is 1. The highest BCUT2D eigenvalue weighted by Gasteiger charge is 2.32. The van der Waals surface area contributed by atoms with Crippen molar-refractivity contribution in [3.05, 3.63) is 18.6 Å². The number of fused-ring (bicyclic) bond motifs is 1. The molecule has 1 aliphatic rings. The summed E-state index contributed by atoms with van der Waals surface area (Å²) < 4.78 is 5.27. The van der Waals surface area contributed by atoms with E-state index in [0.29, 0.717) is 5.88 Å². The predicted molar refractivity (Wildman–Crippen MR) is 88.7 cm³/mol. The van der Waals surface area contributed by atoms with Crippen LogP contribution in [0.1, 0.15) is 12.8 Å². The molecule has 2 aromatic rings. The highest BCUT2D eigenvalue weighted by atomic mass is 32.2. The van der Waals surface area contributed by atoms with Gasteiger partial charge in [-0.2, -0.15) is 11.8 Å². The summed E-state index contributed by atoms with van der Waals surface area (Å²) in [4.78, 5) is 15.1. The number of methoxy groups -OCH3 is 1. The van der Waals surface area contributed by atoms with E-state index >= 15 is 0 Å². The van der Waals surface area contributed by atoms with Gasteiger partial charge in [-0.3, -0.25) is 0 Å². The maximum Gasteiger partial charge on any atom is 0.240 e. The van der Waals surface area contributed by atoms with Crippen molar-refractivity contribution < 1.29 is 9.84 Å². The molecular weight excluding hydrogens is 300 g/mol. The number of piperidine rings is 1. The zero-order chi connectivity index (χ0) is 15.6. The van der Waals surface area contributed by atoms with Crippen LogP contribution in [0.5, 0.6) is 5.88 Å². The van der Waals surface area contributed by atoms with Gasteiger partial charge in [0.2, 0.25) is 5.88 Å². The van der Waals surface area contributed by atoms with Gasteiger partial charge in [0, 0.05) is 30.4 Å². The fourth-order valence-corrected chi connectivity index (χ4v) is 3.73. The van der Waals surface area contributed by atoms with Crippen LogP contribution in [-0.2, 0) is 0 Å². The van der Waals surface area contributed by atoms with Gasteiger partial charge < -0.3 is 14.7 Å². The lowest BCUT2D eigenvalue weighted by atomic mass is 9.93. The Morgan fingerprint density at radius 1 is 1.32 bits per heavy atom. The topological polar surface area (TPSA) is 71.4 Å². The monoisotopic (exact) mass is 320 g/mol. The van der Waals surface area contributed by atoms with Crippen LogP contribution in [0.2, 0.25) is 0 Å². The Kier molecular flexibility index (Phi) is 4.35. The average Bonchev–Trinajstić information content (AvgIpc) is 2.54. The second kappa shape index (κ2) is 6.26. The molecule has 0 radical (unpaired) electrons. The van der Waals surface area contributed by atoms with Crippen LogP contribution in [0.3, 0.4) is 0 Å². The number of aromatic nitrogens is 3. The second-order valence-corrected chi connectivity index (χ2v) is 6.42. The number of nitrogens with zero attached hydrogens (tertiary/aromatic N) is 4. The van der Waals surface area contributed by atoms with Crippen molar-refractivity contribution in [3.63, 3.8) is 0 Å². The largest absolute Gasteiger partial charge is 0.479 e. The fraction of sp³-hybridized carbons (Fsp3) is 0.533. The normalized spacial score (nSPS) is 17.7. The van der Waals surface area contributed by atoms with Crippen LogP contribution >= 0.6 is 11.8 Å². The number of anilines is 1. The third kappa shape index (κ3) is 2.83. The van der Waals surface area contributed by atoms with Gasteiger partial charge in [0.15, 0.2) is 0 Å². The Bertz CT molecular complexity index is 659. The number of rotatable bonds is 4. The first-order chi connectivity index (χ1) is 10.7. The van der Waals surface area contributed by atoms with E-state index in [0.717, 1.165) is 48.4 Å². The zero-order valence-electron chi connectivity index (χ0n) is 12.8. The molecule has 22 heavy (non-hydrogen) atoms. The predicted octanol–water partition coefficient (Wildman–Crippen LogP) is 1.73. The van der Waals surface area contributed by atoms with Crippen LogP contribution in [0, 0.1) is 0 Å². The number of ether oxygens (including phenoxy) is 1. The molecule has 0 amide bonds. The van der Waals surface area contributed by atoms with Crippen molar-refractivity contribution >= 4 is 28.5 Å². The Morgan fingerprint density at radius 3 is 2.77 bits per heavy atom. The summed E-state index contributed by atoms with van der Waals surface area (Å²) in [6.07, 6.45) is 6.79. The molecule has 118 valence electrons. The molecule has 0 aromatic carbocycles. The molecular formula is C15H20N4O2S. The lowest BCUT2D eigenvalue weighted by molar-refractivity contribution is 0.0400. The number of hydrogen-bond donors (Lipinski definition) is 1. The number of hydrogen-bond acceptors (Lipinski definition) is 7. The minimum absolute atomic E-state index is 0.511. The fourth-order valence-electron chi connectivity index (χ4n) is 2.90. The van der Waals surface area contributed by atoms with Gasteiger partial charge in [-0.25, -0.2) is 15.0 Å². The molecule has 1 fully saturated rings. The molecule has 0 spiro atoms. The van der Waals surface area contributed by atoms with Crippen LogP contribution in [-0.4, -0.2) is 57.9 Å². The van der Waals surface area contributed by atoms with E-state index in [4.69, 9.17) is 4.74 Å². The number of thioether (sulfide) groups is 1. The summed E-state index contributed by atoms with van der Waals surface area (Å²) in [5, 5.41) is 11.5. The van der Waals surface area contributed by atoms with Crippen molar-refractivity contribution in [2.24, 2.45) is 0 Å². The van der Waals surface area contributed by atoms with E-state index in [2.05, 4.69) is 19.9 Å². The molecule has 0 atom stereocenters. The Labute approximate surface area is 133 Å². The van der Waals surface area contributed by atoms with E-state index in [1.807, 2.05) is 12.3 Å². The Morgan fingerprint density at radius 2 is 2.09 bits per heavy atom. The van der Waals surface area contributed by atoms with Gasteiger partial charge in [-0.05, 0) is 25.2 Å². The van der Waals surface area contributed by atoms with Gasteiger partial charge in [0.25, 0.3) is 0 Å². The SMILES string of the molecule is COc1nccc2c(N3CCC(O)(CSC)CC3)ncnc12. The molecule has 1 N–H and O–H groups in total. The second-order valence-electron chi connectivity index (χ2n) is 5.56. The zero-order valence-corrected chi connectivity index (χ0v) is 13.6. The molecule has 1 aliphatic heterocycles. The van der Waals surface area contributed by atoms with E-state index in [9.17, 15) is 5.11 Å². The first-order valence-corrected chi connectivity index (χ1v) is 8.66. The molecule has 1 saturated heterocycles. The maximum atomic E-state index is 10.5. The third-order valence-electron chi connectivity index (χ3n) is 4.10. The highest BCUT2D eigenvalue weighted by Crippen LogP contribution is 2.32. The summed E-state index contributed by atoms with van der Waals surface area (Å²) in [7, 11) is 1.59. The van der Waals surface area contributed by atoms with Gasteiger partial charge >= 0.3 is 0 Å². The smallest absolute Gasteiger partial charge is 0.240 e. The van der Waals surface area contributed by atoms with Crippen molar-refractivity contribution in [2.45, 2.75) is 18.4 Å². The number of aliphatic hydroxyl groups is 1. The third-order valence-corrected chi connectivity index (χ3v) is 4.92. The Balaban J connectivity index is 1.89. The van der Waals surface area contributed by atoms with Gasteiger partial charge in [0.05, 0.1) is 12.7 Å². The minimum atomic E-state index is -0.558. The van der Waals surface area contributed by atoms with Gasteiger partial charge in [-0.1, -0.05) is 0 Å². The maximum absolute atomic E-state index is 10.5. The highest BCUT2D eigenvalue weighted by molar-refractivity contribution is 7.98. The average molecular weight is 320 g/mol. The molecule has 0 unspecified atom stereocenters. The van der Waals surface area contributed by atoms with Crippen molar-refractivity contribution in [2.75, 3.05) is 37.1 Å². The van der Waals surface area contributed by atoms with E-state index in [1.165, 1.54) is 0 Å². The lowest BCUT2D eigenvalue weighted by Gasteiger charge is -2.38. The summed E-state index contributed by atoms with van der Waals surface area (Å²) in [6.45, 7) is 1.57. The lowest BCUT2D eigenvalue weighted by Crippen LogP contribution is -2.46. The summed E-state index contributed by atoms with van der Waals surface area (Å²) >= 11 is 1.69. The van der Waals surface area contributed by atoms with Crippen LogP contribution < -0.4 is 9.64 Å². The molecule has 2 aromatic heterocycles. The summed E-state index contributed by atoms with van der Waals surface area (Å²) in [5.74, 6) is 2.18. The molecule has 3 heterocycles. The van der Waals surface area contributed by atoms with Crippen LogP contribution in [0.15, 0.2) is 18.6 Å². The van der Waals surface area contributed by atoms with Crippen LogP contribution in [0.25, 0.3) is 10.9 Å². The van der Waals surface area contributed by atoms with Crippen molar-refractivity contribution in [3.8, 4) is 5.88 Å².